The summed E-state index contributed by atoms with van der Waals surface area (Å²) in [5.41, 5.74) is 3.77. The molecule has 3 heterocycles. The van der Waals surface area contributed by atoms with Gasteiger partial charge in [0.1, 0.15) is 0 Å². The Morgan fingerprint density at radius 3 is 2.48 bits per heavy atom. The smallest absolute Gasteiger partial charge is 0.225 e. The largest absolute Gasteiger partial charge is 0.342 e. The van der Waals surface area contributed by atoms with Crippen molar-refractivity contribution in [3.63, 3.8) is 0 Å². The monoisotopic (exact) mass is 363 g/mol. The summed E-state index contributed by atoms with van der Waals surface area (Å²) in [5, 5.41) is 0. The topological polar surface area (TPSA) is 36.4 Å². The SMILES string of the molecule is O=C(C1CCN(Cc2ccccc2-c2cccnc2)CC1)N1CCCCC1. The van der Waals surface area contributed by atoms with Crippen molar-refractivity contribution in [2.75, 3.05) is 26.2 Å². The lowest BCUT2D eigenvalue weighted by molar-refractivity contribution is -0.138. The fraction of sp³-hybridized carbons (Fsp3) is 0.478. The zero-order valence-electron chi connectivity index (χ0n) is 16.0. The normalized spacial score (nSPS) is 19.2. The fourth-order valence-electron chi connectivity index (χ4n) is 4.41. The molecule has 2 aromatic rings. The van der Waals surface area contributed by atoms with Crippen LogP contribution in [0, 0.1) is 5.92 Å². The Kier molecular flexibility index (Phi) is 5.83. The zero-order valence-corrected chi connectivity index (χ0v) is 16.0. The van der Waals surface area contributed by atoms with Crippen LogP contribution < -0.4 is 0 Å². The second kappa shape index (κ2) is 8.66. The van der Waals surface area contributed by atoms with Crippen molar-refractivity contribution in [2.45, 2.75) is 38.6 Å². The number of piperidine rings is 2. The van der Waals surface area contributed by atoms with Crippen molar-refractivity contribution in [2.24, 2.45) is 5.92 Å². The molecule has 0 atom stereocenters. The van der Waals surface area contributed by atoms with E-state index in [4.69, 9.17) is 0 Å². The van der Waals surface area contributed by atoms with Gasteiger partial charge in [0.05, 0.1) is 0 Å². The molecule has 4 nitrogen and oxygen atoms in total. The molecule has 0 saturated carbocycles. The van der Waals surface area contributed by atoms with Crippen molar-refractivity contribution in [3.8, 4) is 11.1 Å². The molecule has 0 aliphatic carbocycles. The summed E-state index contributed by atoms with van der Waals surface area (Å²) < 4.78 is 0. The number of rotatable bonds is 4. The first-order chi connectivity index (χ1) is 13.3. The number of benzene rings is 1. The molecule has 27 heavy (non-hydrogen) atoms. The third-order valence-electron chi connectivity index (χ3n) is 5.99. The van der Waals surface area contributed by atoms with Gasteiger partial charge < -0.3 is 4.90 Å². The predicted molar refractivity (Wildman–Crippen MR) is 108 cm³/mol. The average Bonchev–Trinajstić information content (AvgIpc) is 2.75. The predicted octanol–water partition coefficient (Wildman–Crippen LogP) is 3.97. The van der Waals surface area contributed by atoms with E-state index in [-0.39, 0.29) is 5.92 Å². The molecule has 1 aromatic carbocycles. The summed E-state index contributed by atoms with van der Waals surface area (Å²) in [4.78, 5) is 21.6. The molecule has 142 valence electrons. The molecule has 0 bridgehead atoms. The van der Waals surface area contributed by atoms with Crippen molar-refractivity contribution in [1.29, 1.82) is 0 Å². The second-order valence-electron chi connectivity index (χ2n) is 7.84. The van der Waals surface area contributed by atoms with E-state index in [1.807, 2.05) is 18.5 Å². The van der Waals surface area contributed by atoms with E-state index < -0.39 is 0 Å². The molecule has 0 radical (unpaired) electrons. The van der Waals surface area contributed by atoms with Gasteiger partial charge in [0.2, 0.25) is 5.91 Å². The first-order valence-corrected chi connectivity index (χ1v) is 10.3. The van der Waals surface area contributed by atoms with Gasteiger partial charge in [-0.2, -0.15) is 0 Å². The number of aromatic nitrogens is 1. The molecular formula is C23H29N3O. The van der Waals surface area contributed by atoms with Crippen LogP contribution in [0.4, 0.5) is 0 Å². The van der Waals surface area contributed by atoms with Crippen LogP contribution in [0.25, 0.3) is 11.1 Å². The lowest BCUT2D eigenvalue weighted by Gasteiger charge is -2.35. The molecule has 1 aromatic heterocycles. The Morgan fingerprint density at radius 1 is 0.963 bits per heavy atom. The quantitative estimate of drug-likeness (QED) is 0.825. The summed E-state index contributed by atoms with van der Waals surface area (Å²) in [7, 11) is 0. The highest BCUT2D eigenvalue weighted by atomic mass is 16.2. The zero-order chi connectivity index (χ0) is 18.5. The summed E-state index contributed by atoms with van der Waals surface area (Å²) in [6, 6.07) is 12.7. The third kappa shape index (κ3) is 4.38. The Bertz CT molecular complexity index is 747. The summed E-state index contributed by atoms with van der Waals surface area (Å²) >= 11 is 0. The Morgan fingerprint density at radius 2 is 1.74 bits per heavy atom. The summed E-state index contributed by atoms with van der Waals surface area (Å²) in [6.45, 7) is 4.89. The van der Waals surface area contributed by atoms with Crippen molar-refractivity contribution < 1.29 is 4.79 Å². The number of hydrogen-bond acceptors (Lipinski definition) is 3. The van der Waals surface area contributed by atoms with Crippen LogP contribution in [-0.4, -0.2) is 46.9 Å². The van der Waals surface area contributed by atoms with Crippen LogP contribution >= 0.6 is 0 Å². The van der Waals surface area contributed by atoms with Gasteiger partial charge in [-0.1, -0.05) is 30.3 Å². The Hall–Kier alpha value is -2.20. The number of likely N-dealkylation sites (tertiary alicyclic amines) is 2. The van der Waals surface area contributed by atoms with E-state index >= 15 is 0 Å². The molecule has 2 saturated heterocycles. The first kappa shape index (κ1) is 18.2. The minimum atomic E-state index is 0.230. The molecule has 2 fully saturated rings. The van der Waals surface area contributed by atoms with E-state index in [1.165, 1.54) is 36.0 Å². The van der Waals surface area contributed by atoms with Crippen LogP contribution in [0.1, 0.15) is 37.7 Å². The molecule has 4 rings (SSSR count). The van der Waals surface area contributed by atoms with Crippen LogP contribution in [0.2, 0.25) is 0 Å². The average molecular weight is 364 g/mol. The molecule has 0 unspecified atom stereocenters. The number of amides is 1. The summed E-state index contributed by atoms with van der Waals surface area (Å²) in [5.74, 6) is 0.637. The van der Waals surface area contributed by atoms with E-state index in [9.17, 15) is 4.79 Å². The van der Waals surface area contributed by atoms with Gasteiger partial charge in [0.25, 0.3) is 0 Å². The molecule has 4 heteroatoms. The summed E-state index contributed by atoms with van der Waals surface area (Å²) in [6.07, 6.45) is 9.36. The maximum absolute atomic E-state index is 12.8. The maximum atomic E-state index is 12.8. The number of hydrogen-bond donors (Lipinski definition) is 0. The van der Waals surface area contributed by atoms with E-state index in [1.54, 1.807) is 0 Å². The van der Waals surface area contributed by atoms with Gasteiger partial charge in [-0.05, 0) is 62.4 Å². The molecule has 0 N–H and O–H groups in total. The van der Waals surface area contributed by atoms with Crippen molar-refractivity contribution in [3.05, 3.63) is 54.4 Å². The molecular weight excluding hydrogens is 334 g/mol. The lowest BCUT2D eigenvalue weighted by atomic mass is 9.93. The van der Waals surface area contributed by atoms with Gasteiger partial charge in [0.15, 0.2) is 0 Å². The van der Waals surface area contributed by atoms with Gasteiger partial charge in [-0.15, -0.1) is 0 Å². The minimum absolute atomic E-state index is 0.230. The van der Waals surface area contributed by atoms with Crippen LogP contribution in [0.15, 0.2) is 48.8 Å². The second-order valence-corrected chi connectivity index (χ2v) is 7.84. The lowest BCUT2D eigenvalue weighted by Crippen LogP contribution is -2.44. The number of carbonyl (C=O) groups is 1. The molecule has 0 spiro atoms. The van der Waals surface area contributed by atoms with Crippen molar-refractivity contribution >= 4 is 5.91 Å². The molecule has 2 aliphatic heterocycles. The Balaban J connectivity index is 1.37. The van der Waals surface area contributed by atoms with Crippen LogP contribution in [-0.2, 0) is 11.3 Å². The fourth-order valence-corrected chi connectivity index (χ4v) is 4.41. The minimum Gasteiger partial charge on any atom is -0.342 e. The highest BCUT2D eigenvalue weighted by molar-refractivity contribution is 5.79. The first-order valence-electron chi connectivity index (χ1n) is 10.3. The standard InChI is InChI=1S/C23H29N3O/c27-23(26-13-4-1-5-14-26)19-10-15-25(16-11-19)18-21-7-2-3-9-22(21)20-8-6-12-24-17-20/h2-3,6-9,12,17,19H,1,4-5,10-11,13-16,18H2. The van der Waals surface area contributed by atoms with Gasteiger partial charge >= 0.3 is 0 Å². The highest BCUT2D eigenvalue weighted by Crippen LogP contribution is 2.27. The maximum Gasteiger partial charge on any atom is 0.225 e. The van der Waals surface area contributed by atoms with Gasteiger partial charge in [0, 0.05) is 43.5 Å². The Labute approximate surface area is 162 Å². The van der Waals surface area contributed by atoms with E-state index in [2.05, 4.69) is 45.1 Å². The van der Waals surface area contributed by atoms with Crippen LogP contribution in [0.3, 0.4) is 0 Å². The van der Waals surface area contributed by atoms with Gasteiger partial charge in [-0.25, -0.2) is 0 Å². The molecule has 1 amide bonds. The third-order valence-corrected chi connectivity index (χ3v) is 5.99. The highest BCUT2D eigenvalue weighted by Gasteiger charge is 2.29. The van der Waals surface area contributed by atoms with Gasteiger partial charge in [-0.3, -0.25) is 14.7 Å². The van der Waals surface area contributed by atoms with E-state index in [0.29, 0.717) is 5.91 Å². The van der Waals surface area contributed by atoms with E-state index in [0.717, 1.165) is 45.6 Å². The van der Waals surface area contributed by atoms with Crippen LogP contribution in [0.5, 0.6) is 0 Å². The number of nitrogens with zero attached hydrogens (tertiary/aromatic N) is 3. The number of pyridine rings is 1. The number of carbonyl (C=O) groups excluding carboxylic acids is 1. The van der Waals surface area contributed by atoms with Crippen molar-refractivity contribution in [1.82, 2.24) is 14.8 Å². The molecule has 2 aliphatic rings.